The van der Waals surface area contributed by atoms with Gasteiger partial charge in [0.1, 0.15) is 29.2 Å². The number of ether oxygens (including phenoxy) is 4. The van der Waals surface area contributed by atoms with Crippen LogP contribution in [0.4, 0.5) is 11.4 Å². The maximum atomic E-state index is 13.0. The van der Waals surface area contributed by atoms with Crippen LogP contribution in [0.1, 0.15) is 51.5 Å². The average molecular weight is 622 g/mol. The fourth-order valence-electron chi connectivity index (χ4n) is 5.37. The van der Waals surface area contributed by atoms with E-state index in [4.69, 9.17) is 29.1 Å². The molecule has 1 fully saturated rings. The van der Waals surface area contributed by atoms with E-state index in [9.17, 15) is 24.6 Å². The van der Waals surface area contributed by atoms with E-state index in [1.54, 1.807) is 58.9 Å². The first-order valence-electron chi connectivity index (χ1n) is 14.1. The Kier molecular flexibility index (Phi) is 8.36. The first-order chi connectivity index (χ1) is 21.2. The molecule has 1 aliphatic rings. The van der Waals surface area contributed by atoms with Gasteiger partial charge in [0.25, 0.3) is 5.91 Å². The number of aromatic nitrogens is 1. The second-order valence-corrected chi connectivity index (χ2v) is 11.5. The number of fused-ring (bicyclic) bond motifs is 1. The standard InChI is InChI=1S/C32H35N3O10/c1-14-11-17(8-9-20(14)33)28(38)35-22-23(36)19-13-18(12-15(2)25(19)43-30(22)40)42-31-26(24(37)27(41-6)32(4,5)45-31)44-29(39)21-10-7-16(3)34-21/h7-13,24,26-27,31,34,36-37H,33H2,1-6H3,(H,35,38)/t24-,26-,27+,31-/m1/s1. The first-order valence-corrected chi connectivity index (χ1v) is 14.1. The lowest BCUT2D eigenvalue weighted by Crippen LogP contribution is -2.64. The van der Waals surface area contributed by atoms with E-state index in [-0.39, 0.29) is 28.0 Å². The lowest BCUT2D eigenvalue weighted by atomic mass is 9.89. The first kappa shape index (κ1) is 31.6. The van der Waals surface area contributed by atoms with Crippen molar-refractivity contribution in [1.29, 1.82) is 0 Å². The lowest BCUT2D eigenvalue weighted by Gasteiger charge is -2.47. The van der Waals surface area contributed by atoms with Crippen LogP contribution in [0.3, 0.4) is 0 Å². The molecule has 1 aliphatic heterocycles. The highest BCUT2D eigenvalue weighted by molar-refractivity contribution is 6.06. The molecule has 0 aliphatic carbocycles. The number of nitrogen functional groups attached to an aromatic ring is 1. The molecule has 0 bridgehead atoms. The number of carbonyl (C=O) groups excluding carboxylic acids is 2. The van der Waals surface area contributed by atoms with Gasteiger partial charge in [-0.1, -0.05) is 0 Å². The molecule has 0 unspecified atom stereocenters. The number of hydrogen-bond acceptors (Lipinski definition) is 11. The zero-order valence-electron chi connectivity index (χ0n) is 25.6. The van der Waals surface area contributed by atoms with Crippen molar-refractivity contribution < 1.29 is 43.2 Å². The Balaban J connectivity index is 1.49. The molecular weight excluding hydrogens is 586 g/mol. The van der Waals surface area contributed by atoms with Crippen LogP contribution < -0.4 is 21.4 Å². The summed E-state index contributed by atoms with van der Waals surface area (Å²) in [5.41, 5.74) is 6.07. The summed E-state index contributed by atoms with van der Waals surface area (Å²) in [6, 6.07) is 10.8. The number of nitrogens with two attached hydrogens (primary N) is 1. The fourth-order valence-corrected chi connectivity index (χ4v) is 5.37. The van der Waals surface area contributed by atoms with Crippen LogP contribution in [0.25, 0.3) is 11.0 Å². The van der Waals surface area contributed by atoms with Crippen LogP contribution in [-0.2, 0) is 14.2 Å². The molecule has 3 heterocycles. The second-order valence-electron chi connectivity index (χ2n) is 11.5. The van der Waals surface area contributed by atoms with Crippen LogP contribution in [0.2, 0.25) is 0 Å². The Morgan fingerprint density at radius 3 is 2.44 bits per heavy atom. The number of aromatic amines is 1. The van der Waals surface area contributed by atoms with Gasteiger partial charge in [-0.15, -0.1) is 0 Å². The van der Waals surface area contributed by atoms with Crippen LogP contribution in [0.5, 0.6) is 11.5 Å². The monoisotopic (exact) mass is 621 g/mol. The summed E-state index contributed by atoms with van der Waals surface area (Å²) in [5, 5.41) is 24.9. The van der Waals surface area contributed by atoms with Gasteiger partial charge in [0.2, 0.25) is 6.29 Å². The maximum Gasteiger partial charge on any atom is 0.364 e. The number of carbonyl (C=O) groups is 2. The predicted molar refractivity (Wildman–Crippen MR) is 164 cm³/mol. The number of methoxy groups -OCH3 is 1. The zero-order chi connectivity index (χ0) is 32.8. The number of aromatic hydroxyl groups is 1. The van der Waals surface area contributed by atoms with E-state index in [0.717, 1.165) is 5.69 Å². The number of aliphatic hydroxyl groups is 1. The minimum absolute atomic E-state index is 0.0502. The average Bonchev–Trinajstić information content (AvgIpc) is 3.41. The summed E-state index contributed by atoms with van der Waals surface area (Å²) >= 11 is 0. The van der Waals surface area contributed by atoms with Crippen LogP contribution in [0, 0.1) is 20.8 Å². The molecule has 1 amide bonds. The van der Waals surface area contributed by atoms with Gasteiger partial charge in [-0.25, -0.2) is 9.59 Å². The number of aliphatic hydroxyl groups excluding tert-OH is 1. The third kappa shape index (κ3) is 6.10. The van der Waals surface area contributed by atoms with Crippen molar-refractivity contribution in [2.24, 2.45) is 0 Å². The highest BCUT2D eigenvalue weighted by atomic mass is 16.7. The number of aryl methyl sites for hydroxylation is 3. The molecular formula is C32H35N3O10. The minimum Gasteiger partial charge on any atom is -0.505 e. The van der Waals surface area contributed by atoms with Crippen molar-refractivity contribution in [3.8, 4) is 11.5 Å². The molecule has 0 spiro atoms. The molecule has 13 heteroatoms. The van der Waals surface area contributed by atoms with Crippen molar-refractivity contribution in [3.05, 3.63) is 81.0 Å². The van der Waals surface area contributed by atoms with Gasteiger partial charge in [0, 0.05) is 24.1 Å². The third-order valence-electron chi connectivity index (χ3n) is 7.73. The predicted octanol–water partition coefficient (Wildman–Crippen LogP) is 3.70. The molecule has 6 N–H and O–H groups in total. The molecule has 4 atom stereocenters. The van der Waals surface area contributed by atoms with E-state index in [0.29, 0.717) is 16.8 Å². The molecule has 5 rings (SSSR count). The number of benzene rings is 2. The number of H-pyrrole nitrogens is 1. The molecule has 45 heavy (non-hydrogen) atoms. The largest absolute Gasteiger partial charge is 0.505 e. The Hall–Kier alpha value is -4.85. The molecule has 238 valence electrons. The Bertz CT molecular complexity index is 1840. The fraction of sp³-hybridized carbons (Fsp3) is 0.344. The normalized spacial score (nSPS) is 21.0. The van der Waals surface area contributed by atoms with Crippen LogP contribution in [0.15, 0.2) is 51.7 Å². The number of rotatable bonds is 7. The second kappa shape index (κ2) is 11.9. The maximum absolute atomic E-state index is 13.0. The molecule has 0 radical (unpaired) electrons. The van der Waals surface area contributed by atoms with E-state index >= 15 is 0 Å². The highest BCUT2D eigenvalue weighted by Crippen LogP contribution is 2.38. The molecule has 4 aromatic rings. The van der Waals surface area contributed by atoms with Gasteiger partial charge >= 0.3 is 11.6 Å². The van der Waals surface area contributed by atoms with Gasteiger partial charge in [-0.3, -0.25) is 4.79 Å². The summed E-state index contributed by atoms with van der Waals surface area (Å²) in [6.45, 7) is 8.52. The molecule has 2 aromatic heterocycles. The molecule has 13 nitrogen and oxygen atoms in total. The van der Waals surface area contributed by atoms with Crippen molar-refractivity contribution in [2.45, 2.75) is 64.8 Å². The number of amides is 1. The quantitative estimate of drug-likeness (QED) is 0.115. The minimum atomic E-state index is -1.35. The molecule has 0 saturated carbocycles. The van der Waals surface area contributed by atoms with Gasteiger partial charge in [-0.2, -0.15) is 0 Å². The zero-order valence-corrected chi connectivity index (χ0v) is 25.6. The Morgan fingerprint density at radius 1 is 1.07 bits per heavy atom. The van der Waals surface area contributed by atoms with Gasteiger partial charge in [0.15, 0.2) is 17.5 Å². The Morgan fingerprint density at radius 2 is 1.80 bits per heavy atom. The van der Waals surface area contributed by atoms with Crippen LogP contribution >= 0.6 is 0 Å². The Labute approximate surface area is 257 Å². The number of esters is 1. The van der Waals surface area contributed by atoms with Gasteiger partial charge in [-0.05, 0) is 88.2 Å². The summed E-state index contributed by atoms with van der Waals surface area (Å²) < 4.78 is 28.9. The lowest BCUT2D eigenvalue weighted by molar-refractivity contribution is -0.305. The topological polar surface area (TPSA) is 196 Å². The summed E-state index contributed by atoms with van der Waals surface area (Å²) in [4.78, 5) is 41.6. The molecule has 1 saturated heterocycles. The summed E-state index contributed by atoms with van der Waals surface area (Å²) in [7, 11) is 1.40. The summed E-state index contributed by atoms with van der Waals surface area (Å²) in [6.07, 6.45) is -4.90. The van der Waals surface area contributed by atoms with Crippen molar-refractivity contribution >= 4 is 34.2 Å². The number of hydrogen-bond donors (Lipinski definition) is 5. The smallest absolute Gasteiger partial charge is 0.364 e. The third-order valence-corrected chi connectivity index (χ3v) is 7.73. The van der Waals surface area contributed by atoms with Crippen molar-refractivity contribution in [2.75, 3.05) is 18.2 Å². The van der Waals surface area contributed by atoms with Gasteiger partial charge < -0.3 is 49.6 Å². The van der Waals surface area contributed by atoms with E-state index in [1.807, 2.05) is 0 Å². The SMILES string of the molecule is CO[C@H]1[C@H](O)[C@@H](OC(=O)c2ccc(C)[nH]2)[C@H](Oc2cc(C)c3oc(=O)c(NC(=O)c4ccc(N)c(C)c4)c(O)c3c2)OC1(C)C. The van der Waals surface area contributed by atoms with E-state index in [2.05, 4.69) is 10.3 Å². The van der Waals surface area contributed by atoms with Crippen LogP contribution in [-0.4, -0.2) is 64.4 Å². The molecule has 2 aromatic carbocycles. The van der Waals surface area contributed by atoms with Gasteiger partial charge in [0.05, 0.1) is 11.0 Å². The number of nitrogens with one attached hydrogen (secondary N) is 2. The van der Waals surface area contributed by atoms with E-state index < -0.39 is 59.1 Å². The number of anilines is 2. The highest BCUT2D eigenvalue weighted by Gasteiger charge is 2.53. The van der Waals surface area contributed by atoms with Crippen molar-refractivity contribution in [3.63, 3.8) is 0 Å². The van der Waals surface area contributed by atoms with Crippen molar-refractivity contribution in [1.82, 2.24) is 4.98 Å². The summed E-state index contributed by atoms with van der Waals surface area (Å²) in [5.74, 6) is -1.84. The van der Waals surface area contributed by atoms with E-state index in [1.165, 1.54) is 25.3 Å².